The third-order valence-electron chi connectivity index (χ3n) is 2.06. The summed E-state index contributed by atoms with van der Waals surface area (Å²) >= 11 is 0. The molecule has 0 spiro atoms. The van der Waals surface area contributed by atoms with Gasteiger partial charge in [-0.25, -0.2) is 4.79 Å². The minimum atomic E-state index is -0.943. The second-order valence-corrected chi connectivity index (χ2v) is 3.38. The molecule has 0 fully saturated rings. The Bertz CT molecular complexity index is 401. The molecule has 1 N–H and O–H groups in total. The molecule has 1 rings (SSSR count). The number of methoxy groups -OCH3 is 1. The van der Waals surface area contributed by atoms with Crippen molar-refractivity contribution < 1.29 is 14.6 Å². The number of benzene rings is 1. The van der Waals surface area contributed by atoms with Gasteiger partial charge in [0, 0.05) is 5.56 Å². The molecule has 1 aromatic rings. The molecule has 0 aliphatic carbocycles. The van der Waals surface area contributed by atoms with Crippen LogP contribution in [0.1, 0.15) is 29.8 Å². The van der Waals surface area contributed by atoms with Crippen LogP contribution < -0.4 is 0 Å². The number of carboxylic acid groups (broad SMARTS) is 1. The van der Waals surface area contributed by atoms with Crippen molar-refractivity contribution in [3.63, 3.8) is 0 Å². The normalized spacial score (nSPS) is 9.53. The molecule has 0 atom stereocenters. The zero-order chi connectivity index (χ0) is 11.4. The lowest BCUT2D eigenvalue weighted by atomic mass is 10.0. The second kappa shape index (κ2) is 4.64. The van der Waals surface area contributed by atoms with E-state index < -0.39 is 5.97 Å². The van der Waals surface area contributed by atoms with Gasteiger partial charge in [0.25, 0.3) is 0 Å². The minimum absolute atomic E-state index is 0.260. The maximum atomic E-state index is 11.0. The fraction of sp³-hybridized carbons (Fsp3) is 0.250. The van der Waals surface area contributed by atoms with Crippen LogP contribution in [0.4, 0.5) is 0 Å². The summed E-state index contributed by atoms with van der Waals surface area (Å²) in [6.07, 6.45) is 0. The summed E-state index contributed by atoms with van der Waals surface area (Å²) in [6, 6.07) is 6.81. The Morgan fingerprint density at radius 2 is 1.73 bits per heavy atom. The number of allylic oxidation sites excluding steroid dienone is 1. The third-order valence-corrected chi connectivity index (χ3v) is 2.06. The number of hydrogen-bond donors (Lipinski definition) is 1. The first kappa shape index (κ1) is 11.3. The number of rotatable bonds is 3. The standard InChI is InChI=1S/C12H14O3/c1-8(2)11(15-3)9-6-4-5-7-10(9)12(13)14/h4-7H,1-3H3,(H,13,14). The van der Waals surface area contributed by atoms with E-state index >= 15 is 0 Å². The highest BCUT2D eigenvalue weighted by atomic mass is 16.5. The summed E-state index contributed by atoms with van der Waals surface area (Å²) in [5.74, 6) is -0.325. The molecule has 0 aromatic heterocycles. The highest BCUT2D eigenvalue weighted by Gasteiger charge is 2.13. The molecule has 0 amide bonds. The van der Waals surface area contributed by atoms with Crippen molar-refractivity contribution in [3.8, 4) is 0 Å². The smallest absolute Gasteiger partial charge is 0.336 e. The van der Waals surface area contributed by atoms with Gasteiger partial charge in [-0.15, -0.1) is 0 Å². The van der Waals surface area contributed by atoms with E-state index in [4.69, 9.17) is 9.84 Å². The number of carbonyl (C=O) groups is 1. The molecule has 3 heteroatoms. The van der Waals surface area contributed by atoms with E-state index in [9.17, 15) is 4.79 Å². The van der Waals surface area contributed by atoms with Crippen LogP contribution in [0.2, 0.25) is 0 Å². The lowest BCUT2D eigenvalue weighted by Gasteiger charge is -2.11. The fourth-order valence-corrected chi connectivity index (χ4v) is 1.45. The molecule has 0 unspecified atom stereocenters. The summed E-state index contributed by atoms with van der Waals surface area (Å²) in [5.41, 5.74) is 1.83. The molecular weight excluding hydrogens is 192 g/mol. The van der Waals surface area contributed by atoms with Crippen molar-refractivity contribution in [1.82, 2.24) is 0 Å². The number of ether oxygens (including phenoxy) is 1. The van der Waals surface area contributed by atoms with Gasteiger partial charge in [-0.2, -0.15) is 0 Å². The van der Waals surface area contributed by atoms with E-state index in [1.54, 1.807) is 31.4 Å². The Morgan fingerprint density at radius 1 is 1.20 bits per heavy atom. The first-order valence-electron chi connectivity index (χ1n) is 4.62. The zero-order valence-electron chi connectivity index (χ0n) is 9.07. The second-order valence-electron chi connectivity index (χ2n) is 3.38. The Labute approximate surface area is 89.0 Å². The molecule has 80 valence electrons. The molecule has 1 aromatic carbocycles. The van der Waals surface area contributed by atoms with Crippen LogP contribution in [0.5, 0.6) is 0 Å². The van der Waals surface area contributed by atoms with Crippen LogP contribution in [0.15, 0.2) is 29.8 Å². The van der Waals surface area contributed by atoms with E-state index in [1.165, 1.54) is 0 Å². The SMILES string of the molecule is COC(=C(C)C)c1ccccc1C(=O)O. The minimum Gasteiger partial charge on any atom is -0.496 e. The summed E-state index contributed by atoms with van der Waals surface area (Å²) < 4.78 is 5.20. The summed E-state index contributed by atoms with van der Waals surface area (Å²) in [7, 11) is 1.54. The summed E-state index contributed by atoms with van der Waals surface area (Å²) in [5, 5.41) is 9.01. The molecule has 0 radical (unpaired) electrons. The van der Waals surface area contributed by atoms with Gasteiger partial charge in [-0.05, 0) is 25.5 Å². The molecular formula is C12H14O3. The molecule has 0 aliphatic heterocycles. The van der Waals surface area contributed by atoms with Crippen molar-refractivity contribution in [1.29, 1.82) is 0 Å². The Hall–Kier alpha value is -1.77. The van der Waals surface area contributed by atoms with E-state index in [2.05, 4.69) is 0 Å². The molecule has 0 bridgehead atoms. The van der Waals surface area contributed by atoms with Crippen LogP contribution in [-0.2, 0) is 4.74 Å². The average molecular weight is 206 g/mol. The van der Waals surface area contributed by atoms with Gasteiger partial charge in [0.15, 0.2) is 0 Å². The van der Waals surface area contributed by atoms with Crippen LogP contribution in [-0.4, -0.2) is 18.2 Å². The van der Waals surface area contributed by atoms with E-state index in [0.717, 1.165) is 5.57 Å². The maximum absolute atomic E-state index is 11.0. The van der Waals surface area contributed by atoms with Crippen molar-refractivity contribution in [2.24, 2.45) is 0 Å². The Kier molecular flexibility index (Phi) is 3.50. The number of aromatic carboxylic acids is 1. The predicted molar refractivity (Wildman–Crippen MR) is 58.7 cm³/mol. The van der Waals surface area contributed by atoms with Gasteiger partial charge in [-0.1, -0.05) is 18.2 Å². The van der Waals surface area contributed by atoms with E-state index in [0.29, 0.717) is 11.3 Å². The molecule has 0 heterocycles. The molecule has 0 saturated heterocycles. The quantitative estimate of drug-likeness (QED) is 0.773. The summed E-state index contributed by atoms with van der Waals surface area (Å²) in [6.45, 7) is 3.77. The van der Waals surface area contributed by atoms with Crippen molar-refractivity contribution >= 4 is 11.7 Å². The zero-order valence-corrected chi connectivity index (χ0v) is 9.07. The fourth-order valence-electron chi connectivity index (χ4n) is 1.45. The van der Waals surface area contributed by atoms with Crippen LogP contribution in [0, 0.1) is 0 Å². The van der Waals surface area contributed by atoms with Crippen molar-refractivity contribution in [2.75, 3.05) is 7.11 Å². The predicted octanol–water partition coefficient (Wildman–Crippen LogP) is 2.78. The Morgan fingerprint density at radius 3 is 2.13 bits per heavy atom. The van der Waals surface area contributed by atoms with E-state index in [-0.39, 0.29) is 5.56 Å². The monoisotopic (exact) mass is 206 g/mol. The molecule has 0 aliphatic rings. The lowest BCUT2D eigenvalue weighted by molar-refractivity contribution is 0.0696. The van der Waals surface area contributed by atoms with Gasteiger partial charge in [0.2, 0.25) is 0 Å². The average Bonchev–Trinajstić information content (AvgIpc) is 2.18. The highest BCUT2D eigenvalue weighted by molar-refractivity contribution is 5.93. The van der Waals surface area contributed by atoms with Gasteiger partial charge in [0.05, 0.1) is 12.7 Å². The number of hydrogen-bond acceptors (Lipinski definition) is 2. The van der Waals surface area contributed by atoms with Crippen LogP contribution in [0.3, 0.4) is 0 Å². The largest absolute Gasteiger partial charge is 0.496 e. The lowest BCUT2D eigenvalue weighted by Crippen LogP contribution is -2.03. The van der Waals surface area contributed by atoms with Gasteiger partial charge >= 0.3 is 5.97 Å². The molecule has 3 nitrogen and oxygen atoms in total. The first-order valence-corrected chi connectivity index (χ1v) is 4.62. The number of carboxylic acids is 1. The summed E-state index contributed by atoms with van der Waals surface area (Å²) in [4.78, 5) is 11.0. The van der Waals surface area contributed by atoms with Crippen LogP contribution in [0.25, 0.3) is 5.76 Å². The van der Waals surface area contributed by atoms with Gasteiger partial charge < -0.3 is 9.84 Å². The molecule has 15 heavy (non-hydrogen) atoms. The third kappa shape index (κ3) is 2.37. The van der Waals surface area contributed by atoms with Crippen molar-refractivity contribution in [2.45, 2.75) is 13.8 Å². The Balaban J connectivity index is 3.36. The van der Waals surface area contributed by atoms with Crippen molar-refractivity contribution in [3.05, 3.63) is 41.0 Å². The van der Waals surface area contributed by atoms with Crippen LogP contribution >= 0.6 is 0 Å². The highest BCUT2D eigenvalue weighted by Crippen LogP contribution is 2.22. The van der Waals surface area contributed by atoms with Gasteiger partial charge in [0.1, 0.15) is 5.76 Å². The first-order chi connectivity index (χ1) is 7.07. The maximum Gasteiger partial charge on any atom is 0.336 e. The topological polar surface area (TPSA) is 46.5 Å². The van der Waals surface area contributed by atoms with E-state index in [1.807, 2.05) is 13.8 Å². The van der Waals surface area contributed by atoms with Gasteiger partial charge in [-0.3, -0.25) is 0 Å². The molecule has 0 saturated carbocycles.